The molecule has 0 spiro atoms. The number of aromatic nitrogens is 3. The van der Waals surface area contributed by atoms with E-state index in [9.17, 15) is 0 Å². The zero-order valence-corrected chi connectivity index (χ0v) is 18.2. The van der Waals surface area contributed by atoms with E-state index in [0.29, 0.717) is 11.7 Å². The first-order valence-electron chi connectivity index (χ1n) is 10.5. The van der Waals surface area contributed by atoms with Crippen LogP contribution in [0, 0.1) is 0 Å². The van der Waals surface area contributed by atoms with E-state index in [4.69, 9.17) is 26.3 Å². The van der Waals surface area contributed by atoms with Gasteiger partial charge in [-0.1, -0.05) is 0 Å². The largest absolute Gasteiger partial charge is 0.497 e. The highest BCUT2D eigenvalue weighted by Gasteiger charge is 2.28. The van der Waals surface area contributed by atoms with E-state index >= 15 is 0 Å². The number of imidazole rings is 1. The van der Waals surface area contributed by atoms with Crippen LogP contribution in [0.3, 0.4) is 0 Å². The van der Waals surface area contributed by atoms with Crippen molar-refractivity contribution in [2.75, 3.05) is 18.2 Å². The molecule has 7 nitrogen and oxygen atoms in total. The van der Waals surface area contributed by atoms with E-state index in [0.717, 1.165) is 65.3 Å². The standard InChI is InChI=1S/C23H26N6OS/c1-30-18-8-6-17(7-9-18)27-21-20(14-2-4-16(24)5-3-14)22(25)28-29-19(12-26-23(21)29)15-10-11-31-13-15/h6-14,16,27H,2-5,24H2,1H3,(H2,25,28). The molecular weight excluding hydrogens is 408 g/mol. The number of fused-ring (bicyclic) bond motifs is 1. The highest BCUT2D eigenvalue weighted by Crippen LogP contribution is 2.42. The molecule has 0 amide bonds. The average molecular weight is 435 g/mol. The Labute approximate surface area is 185 Å². The van der Waals surface area contributed by atoms with Crippen molar-refractivity contribution in [1.29, 1.82) is 0 Å². The first-order chi connectivity index (χ1) is 15.1. The van der Waals surface area contributed by atoms with Crippen molar-refractivity contribution in [3.05, 3.63) is 52.9 Å². The molecule has 0 unspecified atom stereocenters. The second kappa shape index (κ2) is 8.20. The van der Waals surface area contributed by atoms with Crippen LogP contribution in [0.25, 0.3) is 16.9 Å². The fraction of sp³-hybridized carbons (Fsp3) is 0.304. The maximum Gasteiger partial charge on any atom is 0.178 e. The lowest BCUT2D eigenvalue weighted by Gasteiger charge is -2.29. The zero-order chi connectivity index (χ0) is 21.4. The van der Waals surface area contributed by atoms with Crippen molar-refractivity contribution in [2.45, 2.75) is 37.6 Å². The molecule has 31 heavy (non-hydrogen) atoms. The van der Waals surface area contributed by atoms with Crippen LogP contribution in [0.5, 0.6) is 5.75 Å². The first-order valence-corrected chi connectivity index (χ1v) is 11.4. The summed E-state index contributed by atoms with van der Waals surface area (Å²) in [4.78, 5) is 4.75. The maximum atomic E-state index is 6.59. The molecule has 1 saturated carbocycles. The molecule has 0 saturated heterocycles. The monoisotopic (exact) mass is 434 g/mol. The summed E-state index contributed by atoms with van der Waals surface area (Å²) in [6.07, 6.45) is 5.85. The van der Waals surface area contributed by atoms with Crippen molar-refractivity contribution < 1.29 is 4.74 Å². The third-order valence-electron chi connectivity index (χ3n) is 6.07. The lowest BCUT2D eigenvalue weighted by Crippen LogP contribution is -2.26. The zero-order valence-electron chi connectivity index (χ0n) is 17.4. The van der Waals surface area contributed by atoms with E-state index in [1.807, 2.05) is 40.4 Å². The average Bonchev–Trinajstić information content (AvgIpc) is 3.45. The minimum absolute atomic E-state index is 0.267. The smallest absolute Gasteiger partial charge is 0.178 e. The molecular formula is C23H26N6OS. The van der Waals surface area contributed by atoms with Gasteiger partial charge in [0.05, 0.1) is 24.7 Å². The summed E-state index contributed by atoms with van der Waals surface area (Å²) in [7, 11) is 1.66. The highest BCUT2D eigenvalue weighted by molar-refractivity contribution is 7.08. The summed E-state index contributed by atoms with van der Waals surface area (Å²) in [5, 5.41) is 12.5. The number of ether oxygens (including phenoxy) is 1. The summed E-state index contributed by atoms with van der Waals surface area (Å²) in [5.41, 5.74) is 18.4. The van der Waals surface area contributed by atoms with Gasteiger partial charge in [-0.3, -0.25) is 0 Å². The third-order valence-corrected chi connectivity index (χ3v) is 6.75. The van der Waals surface area contributed by atoms with Crippen LogP contribution < -0.4 is 21.5 Å². The van der Waals surface area contributed by atoms with Crippen molar-refractivity contribution in [3.63, 3.8) is 0 Å². The molecule has 0 bridgehead atoms. The molecule has 160 valence electrons. The van der Waals surface area contributed by atoms with Gasteiger partial charge in [-0.05, 0) is 67.3 Å². The molecule has 3 heterocycles. The molecule has 1 aromatic carbocycles. The SMILES string of the molecule is COc1ccc(Nc2c(C3CCC(N)CC3)c(N)nn3c(-c4ccsc4)cnc23)cc1. The molecule has 1 aliphatic rings. The van der Waals surface area contributed by atoms with Crippen LogP contribution in [0.4, 0.5) is 17.2 Å². The number of methoxy groups -OCH3 is 1. The highest BCUT2D eigenvalue weighted by atomic mass is 32.1. The molecule has 1 aliphatic carbocycles. The number of nitrogens with two attached hydrogens (primary N) is 2. The van der Waals surface area contributed by atoms with Gasteiger partial charge in [-0.15, -0.1) is 5.10 Å². The molecule has 8 heteroatoms. The Bertz CT molecular complexity index is 1180. The van der Waals surface area contributed by atoms with Crippen LogP contribution >= 0.6 is 11.3 Å². The second-order valence-corrected chi connectivity index (χ2v) is 8.81. The van der Waals surface area contributed by atoms with Gasteiger partial charge in [0.15, 0.2) is 5.65 Å². The lowest BCUT2D eigenvalue weighted by molar-refractivity contribution is 0.396. The first kappa shape index (κ1) is 19.8. The van der Waals surface area contributed by atoms with Crippen LogP contribution in [0.2, 0.25) is 0 Å². The topological polar surface area (TPSA) is 103 Å². The van der Waals surface area contributed by atoms with Crippen LogP contribution in [-0.4, -0.2) is 27.7 Å². The van der Waals surface area contributed by atoms with E-state index in [2.05, 4.69) is 16.8 Å². The van der Waals surface area contributed by atoms with Gasteiger partial charge in [0, 0.05) is 28.2 Å². The summed E-state index contributed by atoms with van der Waals surface area (Å²) in [6.45, 7) is 0. The Morgan fingerprint density at radius 3 is 2.58 bits per heavy atom. The van der Waals surface area contributed by atoms with E-state index in [-0.39, 0.29) is 6.04 Å². The molecule has 5 N–H and O–H groups in total. The Balaban J connectivity index is 1.65. The van der Waals surface area contributed by atoms with Crippen molar-refractivity contribution >= 4 is 34.2 Å². The number of nitrogen functional groups attached to an aromatic ring is 1. The Morgan fingerprint density at radius 1 is 1.13 bits per heavy atom. The molecule has 0 atom stereocenters. The summed E-state index contributed by atoms with van der Waals surface area (Å²) < 4.78 is 7.15. The third kappa shape index (κ3) is 3.73. The number of anilines is 3. The fourth-order valence-corrected chi connectivity index (χ4v) is 5.05. The lowest BCUT2D eigenvalue weighted by atomic mass is 9.81. The molecule has 5 rings (SSSR count). The predicted octanol–water partition coefficient (Wildman–Crippen LogP) is 4.78. The summed E-state index contributed by atoms with van der Waals surface area (Å²) >= 11 is 1.65. The van der Waals surface area contributed by atoms with Gasteiger partial charge >= 0.3 is 0 Å². The maximum absolute atomic E-state index is 6.59. The number of benzene rings is 1. The molecule has 4 aromatic rings. The molecule has 3 aromatic heterocycles. The van der Waals surface area contributed by atoms with Gasteiger partial charge < -0.3 is 21.5 Å². The second-order valence-electron chi connectivity index (χ2n) is 8.03. The number of rotatable bonds is 5. The van der Waals surface area contributed by atoms with Crippen LogP contribution in [-0.2, 0) is 0 Å². The Kier molecular flexibility index (Phi) is 5.25. The number of nitrogens with one attached hydrogen (secondary N) is 1. The van der Waals surface area contributed by atoms with Crippen molar-refractivity contribution in [3.8, 4) is 17.0 Å². The number of nitrogens with zero attached hydrogens (tertiary/aromatic N) is 3. The van der Waals surface area contributed by atoms with Crippen LogP contribution in [0.15, 0.2) is 47.3 Å². The van der Waals surface area contributed by atoms with Gasteiger partial charge in [-0.25, -0.2) is 9.50 Å². The van der Waals surface area contributed by atoms with E-state index in [1.165, 1.54) is 0 Å². The number of hydrogen-bond donors (Lipinski definition) is 3. The molecule has 1 fully saturated rings. The van der Waals surface area contributed by atoms with Crippen molar-refractivity contribution in [1.82, 2.24) is 14.6 Å². The van der Waals surface area contributed by atoms with Gasteiger partial charge in [0.2, 0.25) is 0 Å². The van der Waals surface area contributed by atoms with Crippen LogP contribution in [0.1, 0.15) is 37.2 Å². The molecule has 0 aliphatic heterocycles. The van der Waals surface area contributed by atoms with Crippen molar-refractivity contribution in [2.24, 2.45) is 5.73 Å². The Hall–Kier alpha value is -3.10. The minimum atomic E-state index is 0.267. The fourth-order valence-electron chi connectivity index (χ4n) is 4.40. The predicted molar refractivity (Wildman–Crippen MR) is 126 cm³/mol. The summed E-state index contributed by atoms with van der Waals surface area (Å²) in [6, 6.07) is 10.2. The van der Waals surface area contributed by atoms with E-state index < -0.39 is 0 Å². The van der Waals surface area contributed by atoms with Gasteiger partial charge in [0.25, 0.3) is 0 Å². The molecule has 0 radical (unpaired) electrons. The van der Waals surface area contributed by atoms with E-state index in [1.54, 1.807) is 18.4 Å². The van der Waals surface area contributed by atoms with Gasteiger partial charge in [-0.2, -0.15) is 11.3 Å². The summed E-state index contributed by atoms with van der Waals surface area (Å²) in [5.74, 6) is 1.66. The number of hydrogen-bond acceptors (Lipinski definition) is 7. The van der Waals surface area contributed by atoms with Gasteiger partial charge in [0.1, 0.15) is 11.6 Å². The quantitative estimate of drug-likeness (QED) is 0.418. The number of thiophene rings is 1. The Morgan fingerprint density at radius 2 is 1.90 bits per heavy atom. The normalized spacial score (nSPS) is 18.9. The minimum Gasteiger partial charge on any atom is -0.497 e.